The molecule has 10 heteroatoms. The lowest BCUT2D eigenvalue weighted by Crippen LogP contribution is -2.28. The lowest BCUT2D eigenvalue weighted by Gasteiger charge is -2.12. The number of hydrogen-bond acceptors (Lipinski definition) is 4. The number of hydrazine groups is 1. The number of halogens is 3. The van der Waals surface area contributed by atoms with E-state index in [1.165, 1.54) is 17.5 Å². The maximum absolute atomic E-state index is 13.0. The number of rotatable bonds is 3. The first-order chi connectivity index (χ1) is 12.2. The highest BCUT2D eigenvalue weighted by atomic mass is 32.1. The number of carbonyl (C=O) groups excluding carboxylic acids is 2. The summed E-state index contributed by atoms with van der Waals surface area (Å²) in [6, 6.07) is 5.33. The number of benzene rings is 1. The van der Waals surface area contributed by atoms with E-state index < -0.39 is 29.5 Å². The number of thiophene rings is 1. The maximum atomic E-state index is 13.0. The summed E-state index contributed by atoms with van der Waals surface area (Å²) in [6.07, 6.45) is -4.62. The minimum atomic E-state index is -4.62. The number of alkyl halides is 3. The third-order valence-electron chi connectivity index (χ3n) is 3.57. The van der Waals surface area contributed by atoms with Gasteiger partial charge in [-0.25, -0.2) is 4.79 Å². The summed E-state index contributed by atoms with van der Waals surface area (Å²) in [4.78, 5) is 35.3. The number of amides is 2. The molecule has 2 aromatic rings. The third-order valence-corrected chi connectivity index (χ3v) is 4.51. The second-order valence-electron chi connectivity index (χ2n) is 5.24. The smallest absolute Gasteiger partial charge is 0.416 e. The van der Waals surface area contributed by atoms with Gasteiger partial charge in [0.2, 0.25) is 0 Å². The van der Waals surface area contributed by atoms with Crippen LogP contribution in [0, 0.1) is 0 Å². The number of aromatic carboxylic acids is 1. The Bertz CT molecular complexity index is 944. The second-order valence-corrected chi connectivity index (χ2v) is 6.15. The van der Waals surface area contributed by atoms with Gasteiger partial charge in [0.15, 0.2) is 0 Å². The molecule has 1 saturated heterocycles. The molecule has 3 N–H and O–H groups in total. The van der Waals surface area contributed by atoms with E-state index in [-0.39, 0.29) is 27.2 Å². The van der Waals surface area contributed by atoms with E-state index in [2.05, 4.69) is 10.9 Å². The van der Waals surface area contributed by atoms with Crippen LogP contribution in [-0.2, 0) is 15.8 Å². The van der Waals surface area contributed by atoms with Gasteiger partial charge in [0.1, 0.15) is 5.57 Å². The highest BCUT2D eigenvalue weighted by Crippen LogP contribution is 2.36. The maximum Gasteiger partial charge on any atom is 0.416 e. The Morgan fingerprint density at radius 2 is 1.69 bits per heavy atom. The number of carboxylic acid groups (broad SMARTS) is 1. The first-order valence-corrected chi connectivity index (χ1v) is 7.91. The Kier molecular flexibility index (Phi) is 4.28. The van der Waals surface area contributed by atoms with Crippen LogP contribution >= 0.6 is 11.3 Å². The summed E-state index contributed by atoms with van der Waals surface area (Å²) in [7, 11) is 0. The van der Waals surface area contributed by atoms with Crippen molar-refractivity contribution >= 4 is 34.7 Å². The summed E-state index contributed by atoms with van der Waals surface area (Å²) in [5, 5.41) is 10.3. The number of hydrogen-bond donors (Lipinski definition) is 3. The average Bonchev–Trinajstić information content (AvgIpc) is 3.17. The van der Waals surface area contributed by atoms with Gasteiger partial charge in [-0.05, 0) is 23.8 Å². The molecule has 0 unspecified atom stereocenters. The van der Waals surface area contributed by atoms with Crippen molar-refractivity contribution < 1.29 is 32.7 Å². The zero-order valence-corrected chi connectivity index (χ0v) is 13.5. The Hall–Kier alpha value is -3.14. The topological polar surface area (TPSA) is 95.5 Å². The van der Waals surface area contributed by atoms with E-state index >= 15 is 0 Å². The van der Waals surface area contributed by atoms with Crippen molar-refractivity contribution in [2.24, 2.45) is 0 Å². The highest BCUT2D eigenvalue weighted by Gasteiger charge is 2.34. The molecule has 0 aliphatic carbocycles. The number of carboxylic acids is 1. The Morgan fingerprint density at radius 1 is 1.04 bits per heavy atom. The van der Waals surface area contributed by atoms with Gasteiger partial charge in [-0.15, -0.1) is 11.3 Å². The van der Waals surface area contributed by atoms with Crippen LogP contribution in [0.4, 0.5) is 13.2 Å². The molecule has 1 aromatic carbocycles. The van der Waals surface area contributed by atoms with Gasteiger partial charge in [0.25, 0.3) is 11.8 Å². The number of nitrogens with one attached hydrogen (secondary N) is 2. The first kappa shape index (κ1) is 17.7. The molecule has 0 spiro atoms. The summed E-state index contributed by atoms with van der Waals surface area (Å²) < 4.78 is 39.1. The molecular formula is C16H9F3N2O4S. The summed E-state index contributed by atoms with van der Waals surface area (Å²) in [5.41, 5.74) is 2.63. The quantitative estimate of drug-likeness (QED) is 0.561. The molecule has 0 bridgehead atoms. The lowest BCUT2D eigenvalue weighted by atomic mass is 9.96. The fourth-order valence-electron chi connectivity index (χ4n) is 2.41. The molecule has 2 amide bonds. The van der Waals surface area contributed by atoms with Crippen LogP contribution in [0.1, 0.15) is 26.4 Å². The van der Waals surface area contributed by atoms with Crippen molar-refractivity contribution in [2.75, 3.05) is 0 Å². The normalized spacial score (nSPS) is 14.2. The molecule has 1 aliphatic rings. The Balaban J connectivity index is 2.26. The molecule has 1 aliphatic heterocycles. The van der Waals surface area contributed by atoms with E-state index in [0.29, 0.717) is 0 Å². The molecule has 0 radical (unpaired) electrons. The molecule has 134 valence electrons. The molecule has 0 saturated carbocycles. The van der Waals surface area contributed by atoms with E-state index in [1.807, 2.05) is 0 Å². The van der Waals surface area contributed by atoms with Crippen molar-refractivity contribution in [2.45, 2.75) is 6.18 Å². The largest absolute Gasteiger partial charge is 0.478 e. The van der Waals surface area contributed by atoms with E-state index in [4.69, 9.17) is 5.11 Å². The Labute approximate surface area is 147 Å². The molecule has 1 fully saturated rings. The van der Waals surface area contributed by atoms with Crippen molar-refractivity contribution in [1.29, 1.82) is 0 Å². The van der Waals surface area contributed by atoms with Crippen LogP contribution in [-0.4, -0.2) is 22.9 Å². The monoisotopic (exact) mass is 382 g/mol. The van der Waals surface area contributed by atoms with Crippen LogP contribution in [0.25, 0.3) is 5.57 Å². The second kappa shape index (κ2) is 6.30. The van der Waals surface area contributed by atoms with Crippen molar-refractivity contribution in [3.05, 3.63) is 62.9 Å². The van der Waals surface area contributed by atoms with Crippen molar-refractivity contribution in [3.8, 4) is 0 Å². The van der Waals surface area contributed by atoms with Crippen molar-refractivity contribution in [1.82, 2.24) is 10.9 Å². The SMILES string of the molecule is O=C1NNC(=O)C1=C(c1cccc(C(F)(F)F)c1)c1cc(C(=O)O)cs1. The molecular weight excluding hydrogens is 373 g/mol. The molecule has 26 heavy (non-hydrogen) atoms. The van der Waals surface area contributed by atoms with Gasteiger partial charge in [-0.1, -0.05) is 12.1 Å². The minimum absolute atomic E-state index is 0.0270. The van der Waals surface area contributed by atoms with Crippen LogP contribution in [0.5, 0.6) is 0 Å². The van der Waals surface area contributed by atoms with Crippen molar-refractivity contribution in [3.63, 3.8) is 0 Å². The van der Waals surface area contributed by atoms with Gasteiger partial charge >= 0.3 is 12.1 Å². The fraction of sp³-hybridized carbons (Fsp3) is 0.0625. The first-order valence-electron chi connectivity index (χ1n) is 7.03. The van der Waals surface area contributed by atoms with Gasteiger partial charge < -0.3 is 5.11 Å². The molecule has 6 nitrogen and oxygen atoms in total. The molecule has 0 atom stereocenters. The van der Waals surface area contributed by atoms with Gasteiger partial charge in [0.05, 0.1) is 11.1 Å². The average molecular weight is 382 g/mol. The van der Waals surface area contributed by atoms with Crippen LogP contribution in [0.15, 0.2) is 41.3 Å². The summed E-state index contributed by atoms with van der Waals surface area (Å²) in [5.74, 6) is -2.86. The minimum Gasteiger partial charge on any atom is -0.478 e. The zero-order valence-electron chi connectivity index (χ0n) is 12.7. The molecule has 3 rings (SSSR count). The van der Waals surface area contributed by atoms with Gasteiger partial charge in [-0.3, -0.25) is 20.4 Å². The summed E-state index contributed by atoms with van der Waals surface area (Å²) >= 11 is 0.905. The lowest BCUT2D eigenvalue weighted by molar-refractivity contribution is -0.137. The predicted octanol–water partition coefficient (Wildman–Crippen LogP) is 2.43. The third kappa shape index (κ3) is 3.18. The van der Waals surface area contributed by atoms with E-state index in [1.54, 1.807) is 0 Å². The van der Waals surface area contributed by atoms with E-state index in [9.17, 15) is 27.6 Å². The molecule has 2 heterocycles. The standard InChI is InChI=1S/C16H9F3N2O4S/c17-16(18,19)9-3-1-2-7(4-9)11(12-13(22)20-21-14(12)23)10-5-8(6-26-10)15(24)25/h1-6H,(H,20,22)(H,21,23)(H,24,25). The number of carbonyl (C=O) groups is 3. The Morgan fingerprint density at radius 3 is 2.23 bits per heavy atom. The van der Waals surface area contributed by atoms with E-state index in [0.717, 1.165) is 29.5 Å². The van der Waals surface area contributed by atoms with Crippen LogP contribution in [0.2, 0.25) is 0 Å². The summed E-state index contributed by atoms with van der Waals surface area (Å²) in [6.45, 7) is 0. The zero-order chi connectivity index (χ0) is 19.1. The van der Waals surface area contributed by atoms with Crippen LogP contribution < -0.4 is 10.9 Å². The van der Waals surface area contributed by atoms with Gasteiger partial charge in [-0.2, -0.15) is 13.2 Å². The predicted molar refractivity (Wildman–Crippen MR) is 85.0 cm³/mol. The fourth-order valence-corrected chi connectivity index (χ4v) is 3.36. The van der Waals surface area contributed by atoms with Gasteiger partial charge in [0, 0.05) is 15.8 Å². The highest BCUT2D eigenvalue weighted by molar-refractivity contribution is 7.11. The van der Waals surface area contributed by atoms with Crippen LogP contribution in [0.3, 0.4) is 0 Å². The molecule has 1 aromatic heterocycles.